The first kappa shape index (κ1) is 8.77. The lowest BCUT2D eigenvalue weighted by atomic mass is 10.0. The van der Waals surface area contributed by atoms with Crippen molar-refractivity contribution in [1.29, 1.82) is 0 Å². The third-order valence-electron chi connectivity index (χ3n) is 3.25. The lowest BCUT2D eigenvalue weighted by Gasteiger charge is -2.02. The molecule has 2 aliphatic rings. The maximum absolute atomic E-state index is 10.8. The van der Waals surface area contributed by atoms with Gasteiger partial charge in [0.15, 0.2) is 0 Å². The molecule has 15 heavy (non-hydrogen) atoms. The van der Waals surface area contributed by atoms with Crippen molar-refractivity contribution in [3.05, 3.63) is 29.3 Å². The van der Waals surface area contributed by atoms with Crippen LogP contribution in [0.1, 0.15) is 23.5 Å². The van der Waals surface area contributed by atoms with Crippen molar-refractivity contribution in [1.82, 2.24) is 0 Å². The molecular formula is C12H12O3. The maximum atomic E-state index is 10.8. The van der Waals surface area contributed by atoms with Gasteiger partial charge >= 0.3 is 5.97 Å². The number of hydrogen-bond acceptors (Lipinski definition) is 2. The van der Waals surface area contributed by atoms with Gasteiger partial charge < -0.3 is 9.84 Å². The van der Waals surface area contributed by atoms with E-state index >= 15 is 0 Å². The number of aliphatic carboxylic acids is 1. The van der Waals surface area contributed by atoms with Crippen molar-refractivity contribution in [2.24, 2.45) is 5.92 Å². The topological polar surface area (TPSA) is 46.5 Å². The Bertz CT molecular complexity index is 425. The number of hydrogen-bond donors (Lipinski definition) is 1. The average molecular weight is 204 g/mol. The molecule has 0 unspecified atom stereocenters. The van der Waals surface area contributed by atoms with Crippen molar-refractivity contribution in [3.63, 3.8) is 0 Å². The molecular weight excluding hydrogens is 192 g/mol. The standard InChI is InChI=1S/C12H12O3/c13-12(14)10-6-9(10)7-1-2-11-8(5-7)3-4-15-11/h1-2,5,9-10H,3-4,6H2,(H,13,14)/t9-,10+/m1/s1. The maximum Gasteiger partial charge on any atom is 0.307 e. The van der Waals surface area contributed by atoms with Gasteiger partial charge in [0.2, 0.25) is 0 Å². The SMILES string of the molecule is O=C(O)[C@H]1C[C@@H]1c1ccc2c(c1)CCO2. The van der Waals surface area contributed by atoms with Crippen LogP contribution in [0.3, 0.4) is 0 Å². The molecule has 1 aromatic carbocycles. The number of ether oxygens (including phenoxy) is 1. The molecule has 3 heteroatoms. The van der Waals surface area contributed by atoms with E-state index in [2.05, 4.69) is 6.07 Å². The summed E-state index contributed by atoms with van der Waals surface area (Å²) in [5, 5.41) is 8.85. The molecule has 0 saturated heterocycles. The van der Waals surface area contributed by atoms with Gasteiger partial charge in [0.25, 0.3) is 0 Å². The van der Waals surface area contributed by atoms with E-state index in [1.54, 1.807) is 0 Å². The second kappa shape index (κ2) is 2.99. The Morgan fingerprint density at radius 3 is 3.07 bits per heavy atom. The Kier molecular flexibility index (Phi) is 1.75. The van der Waals surface area contributed by atoms with Crippen LogP contribution in [-0.4, -0.2) is 17.7 Å². The van der Waals surface area contributed by atoms with Gasteiger partial charge in [0.05, 0.1) is 12.5 Å². The van der Waals surface area contributed by atoms with E-state index in [4.69, 9.17) is 9.84 Å². The molecule has 1 aliphatic carbocycles. The van der Waals surface area contributed by atoms with Crippen LogP contribution in [0.5, 0.6) is 5.75 Å². The van der Waals surface area contributed by atoms with Crippen LogP contribution in [0.4, 0.5) is 0 Å². The van der Waals surface area contributed by atoms with Crippen LogP contribution in [0.25, 0.3) is 0 Å². The highest BCUT2D eigenvalue weighted by Crippen LogP contribution is 2.48. The molecule has 0 bridgehead atoms. The number of benzene rings is 1. The third kappa shape index (κ3) is 1.39. The summed E-state index contributed by atoms with van der Waals surface area (Å²) in [4.78, 5) is 10.8. The molecule has 0 aromatic heterocycles. The Morgan fingerprint density at radius 1 is 1.47 bits per heavy atom. The molecule has 1 fully saturated rings. The molecule has 0 radical (unpaired) electrons. The smallest absolute Gasteiger partial charge is 0.307 e. The number of fused-ring (bicyclic) bond motifs is 1. The van der Waals surface area contributed by atoms with E-state index in [0.29, 0.717) is 0 Å². The van der Waals surface area contributed by atoms with Gasteiger partial charge in [0.1, 0.15) is 5.75 Å². The van der Waals surface area contributed by atoms with Crippen molar-refractivity contribution in [2.75, 3.05) is 6.61 Å². The monoisotopic (exact) mass is 204 g/mol. The summed E-state index contributed by atoms with van der Waals surface area (Å²) < 4.78 is 5.41. The van der Waals surface area contributed by atoms with Gasteiger partial charge in [0, 0.05) is 6.42 Å². The van der Waals surface area contributed by atoms with Crippen LogP contribution >= 0.6 is 0 Å². The molecule has 1 aliphatic heterocycles. The molecule has 1 aromatic rings. The molecule has 2 atom stereocenters. The number of carboxylic acids is 1. The highest BCUT2D eigenvalue weighted by molar-refractivity contribution is 5.75. The van der Waals surface area contributed by atoms with Crippen molar-refractivity contribution < 1.29 is 14.6 Å². The molecule has 3 rings (SSSR count). The molecule has 78 valence electrons. The predicted molar refractivity (Wildman–Crippen MR) is 54.1 cm³/mol. The predicted octanol–water partition coefficient (Wildman–Crippen LogP) is 1.81. The summed E-state index contributed by atoms with van der Waals surface area (Å²) in [5.41, 5.74) is 2.38. The van der Waals surface area contributed by atoms with E-state index in [-0.39, 0.29) is 11.8 Å². The second-order valence-corrected chi connectivity index (χ2v) is 4.25. The zero-order chi connectivity index (χ0) is 10.4. The number of carbonyl (C=O) groups is 1. The normalized spacial score (nSPS) is 26.9. The second-order valence-electron chi connectivity index (χ2n) is 4.25. The first-order chi connectivity index (χ1) is 7.25. The molecule has 0 amide bonds. The highest BCUT2D eigenvalue weighted by atomic mass is 16.5. The average Bonchev–Trinajstić information content (AvgIpc) is 2.89. The summed E-state index contributed by atoms with van der Waals surface area (Å²) in [5.74, 6) is 0.363. The van der Waals surface area contributed by atoms with E-state index < -0.39 is 5.97 Å². The summed E-state index contributed by atoms with van der Waals surface area (Å²) in [6, 6.07) is 6.07. The van der Waals surface area contributed by atoms with E-state index in [0.717, 1.165) is 30.8 Å². The molecule has 1 saturated carbocycles. The van der Waals surface area contributed by atoms with E-state index in [1.807, 2.05) is 12.1 Å². The Hall–Kier alpha value is -1.51. The minimum Gasteiger partial charge on any atom is -0.493 e. The van der Waals surface area contributed by atoms with Crippen molar-refractivity contribution in [2.45, 2.75) is 18.8 Å². The highest BCUT2D eigenvalue weighted by Gasteiger charge is 2.44. The fourth-order valence-electron chi connectivity index (χ4n) is 2.27. The molecule has 0 spiro atoms. The van der Waals surface area contributed by atoms with Crippen LogP contribution < -0.4 is 4.74 Å². The fourth-order valence-corrected chi connectivity index (χ4v) is 2.27. The first-order valence-corrected chi connectivity index (χ1v) is 5.24. The zero-order valence-electron chi connectivity index (χ0n) is 8.27. The van der Waals surface area contributed by atoms with Crippen LogP contribution in [0, 0.1) is 5.92 Å². The number of carboxylic acid groups (broad SMARTS) is 1. The summed E-state index contributed by atoms with van der Waals surface area (Å²) in [6.07, 6.45) is 1.74. The Balaban J connectivity index is 1.86. The summed E-state index contributed by atoms with van der Waals surface area (Å²) in [6.45, 7) is 0.756. The van der Waals surface area contributed by atoms with Crippen LogP contribution in [-0.2, 0) is 11.2 Å². The molecule has 1 heterocycles. The van der Waals surface area contributed by atoms with Gasteiger partial charge in [-0.2, -0.15) is 0 Å². The van der Waals surface area contributed by atoms with Gasteiger partial charge in [-0.1, -0.05) is 12.1 Å². The van der Waals surface area contributed by atoms with Gasteiger partial charge in [-0.05, 0) is 29.5 Å². The minimum atomic E-state index is -0.670. The van der Waals surface area contributed by atoms with Gasteiger partial charge in [-0.3, -0.25) is 4.79 Å². The zero-order valence-corrected chi connectivity index (χ0v) is 8.27. The molecule has 1 N–H and O–H groups in total. The van der Waals surface area contributed by atoms with E-state index in [9.17, 15) is 4.79 Å². The first-order valence-electron chi connectivity index (χ1n) is 5.24. The lowest BCUT2D eigenvalue weighted by molar-refractivity contribution is -0.138. The largest absolute Gasteiger partial charge is 0.493 e. The van der Waals surface area contributed by atoms with E-state index in [1.165, 1.54) is 5.56 Å². The Morgan fingerprint density at radius 2 is 2.33 bits per heavy atom. The van der Waals surface area contributed by atoms with Crippen molar-refractivity contribution in [3.8, 4) is 5.75 Å². The fraction of sp³-hybridized carbons (Fsp3) is 0.417. The Labute approximate surface area is 87.7 Å². The lowest BCUT2D eigenvalue weighted by Crippen LogP contribution is -1.98. The summed E-state index contributed by atoms with van der Waals surface area (Å²) in [7, 11) is 0. The van der Waals surface area contributed by atoms with Gasteiger partial charge in [-0.25, -0.2) is 0 Å². The summed E-state index contributed by atoms with van der Waals surface area (Å²) >= 11 is 0. The van der Waals surface area contributed by atoms with Crippen LogP contribution in [0.15, 0.2) is 18.2 Å². The number of rotatable bonds is 2. The quantitative estimate of drug-likeness (QED) is 0.799. The minimum absolute atomic E-state index is 0.162. The third-order valence-corrected chi connectivity index (χ3v) is 3.25. The van der Waals surface area contributed by atoms with Gasteiger partial charge in [-0.15, -0.1) is 0 Å². The van der Waals surface area contributed by atoms with Crippen molar-refractivity contribution >= 4 is 5.97 Å². The molecule has 3 nitrogen and oxygen atoms in total. The van der Waals surface area contributed by atoms with Crippen LogP contribution in [0.2, 0.25) is 0 Å².